The number of rotatable bonds is 2. The lowest BCUT2D eigenvalue weighted by Crippen LogP contribution is -2.38. The molecule has 2 aromatic rings. The van der Waals surface area contributed by atoms with Gasteiger partial charge in [-0.25, -0.2) is 0 Å². The first kappa shape index (κ1) is 11.3. The average molecular weight is 257 g/mol. The minimum atomic E-state index is -0.587. The fraction of sp³-hybridized carbons (Fsp3) is 0.467. The molecule has 0 aliphatic carbocycles. The summed E-state index contributed by atoms with van der Waals surface area (Å²) in [6, 6.07) is 6.17. The summed E-state index contributed by atoms with van der Waals surface area (Å²) in [5.74, 6) is 1.95. The van der Waals surface area contributed by atoms with E-state index in [1.807, 2.05) is 12.1 Å². The Labute approximate surface area is 112 Å². The van der Waals surface area contributed by atoms with Gasteiger partial charge in [-0.1, -0.05) is 18.2 Å². The van der Waals surface area contributed by atoms with Crippen LogP contribution in [0.1, 0.15) is 36.0 Å². The Bertz CT molecular complexity index is 626. The molecule has 1 atom stereocenters. The number of aromatic nitrogens is 1. The molecule has 4 nitrogen and oxygen atoms in total. The maximum Gasteiger partial charge on any atom is 0.110 e. The number of piperidine rings is 1. The highest BCUT2D eigenvalue weighted by Gasteiger charge is 2.34. The highest BCUT2D eigenvalue weighted by Crippen LogP contribution is 2.46. The van der Waals surface area contributed by atoms with Crippen molar-refractivity contribution in [2.45, 2.75) is 24.9 Å². The van der Waals surface area contributed by atoms with Gasteiger partial charge in [-0.2, -0.15) is 0 Å². The molecule has 1 aromatic heterocycles. The quantitative estimate of drug-likeness (QED) is 0.769. The van der Waals surface area contributed by atoms with Crippen LogP contribution in [0.3, 0.4) is 0 Å². The molecule has 1 aromatic carbocycles. The summed E-state index contributed by atoms with van der Waals surface area (Å²) in [5.41, 5.74) is 9.07. The van der Waals surface area contributed by atoms with E-state index in [4.69, 9.17) is 5.73 Å². The molecule has 0 radical (unpaired) electrons. The zero-order valence-corrected chi connectivity index (χ0v) is 10.9. The van der Waals surface area contributed by atoms with Crippen LogP contribution in [0, 0.1) is 0 Å². The fourth-order valence-electron chi connectivity index (χ4n) is 3.71. The average Bonchev–Trinajstić information content (AvgIpc) is 2.89. The van der Waals surface area contributed by atoms with Crippen LogP contribution >= 0.6 is 0 Å². The van der Waals surface area contributed by atoms with E-state index in [0.717, 1.165) is 24.2 Å². The summed E-state index contributed by atoms with van der Waals surface area (Å²) in [5, 5.41) is 11.3. The number of nitrogens with one attached hydrogen (secondary N) is 1. The molecule has 0 amide bonds. The van der Waals surface area contributed by atoms with Gasteiger partial charge in [-0.05, 0) is 18.8 Å². The van der Waals surface area contributed by atoms with E-state index in [9.17, 15) is 5.11 Å². The van der Waals surface area contributed by atoms with Crippen LogP contribution in [0.5, 0.6) is 0 Å². The zero-order chi connectivity index (χ0) is 13.0. The van der Waals surface area contributed by atoms with Crippen molar-refractivity contribution >= 4 is 16.7 Å². The third-order valence-corrected chi connectivity index (χ3v) is 4.69. The van der Waals surface area contributed by atoms with E-state index in [1.165, 1.54) is 29.6 Å². The molecule has 0 spiro atoms. The highest BCUT2D eigenvalue weighted by atomic mass is 16.3. The predicted octanol–water partition coefficient (Wildman–Crippen LogP) is 1.86. The molecule has 3 aliphatic rings. The van der Waals surface area contributed by atoms with Crippen LogP contribution < -0.4 is 10.6 Å². The van der Waals surface area contributed by atoms with E-state index in [2.05, 4.69) is 16.0 Å². The van der Waals surface area contributed by atoms with Gasteiger partial charge in [0.1, 0.15) is 5.82 Å². The lowest BCUT2D eigenvalue weighted by atomic mass is 9.84. The van der Waals surface area contributed by atoms with Gasteiger partial charge in [-0.3, -0.25) is 0 Å². The number of benzene rings is 1. The minimum absolute atomic E-state index is 0.260. The van der Waals surface area contributed by atoms with Crippen LogP contribution in [-0.2, 0) is 0 Å². The molecular formula is C15H19N3O. The smallest absolute Gasteiger partial charge is 0.110 e. The number of hydrogen-bond donors (Lipinski definition) is 3. The van der Waals surface area contributed by atoms with Crippen molar-refractivity contribution in [1.82, 2.24) is 4.98 Å². The minimum Gasteiger partial charge on any atom is -0.387 e. The van der Waals surface area contributed by atoms with E-state index in [-0.39, 0.29) is 6.54 Å². The molecule has 4 heteroatoms. The number of nitrogens with zero attached hydrogens (tertiary/aromatic N) is 1. The number of aliphatic hydroxyl groups is 1. The molecule has 19 heavy (non-hydrogen) atoms. The molecule has 3 aliphatic heterocycles. The van der Waals surface area contributed by atoms with Crippen LogP contribution in [0.25, 0.3) is 10.9 Å². The van der Waals surface area contributed by atoms with Crippen molar-refractivity contribution in [3.05, 3.63) is 29.3 Å². The molecule has 4 N–H and O–H groups in total. The van der Waals surface area contributed by atoms with Crippen molar-refractivity contribution < 1.29 is 5.11 Å². The van der Waals surface area contributed by atoms with E-state index in [0.29, 0.717) is 5.92 Å². The number of para-hydroxylation sites is 1. The van der Waals surface area contributed by atoms with Crippen LogP contribution in [-0.4, -0.2) is 29.7 Å². The second-order valence-corrected chi connectivity index (χ2v) is 5.67. The maximum atomic E-state index is 10.1. The SMILES string of the molecule is NCC(O)c1cccc2c3c([nH]c12)N1CCC3CC1. The molecule has 5 rings (SSSR count). The molecule has 2 bridgehead atoms. The van der Waals surface area contributed by atoms with Crippen LogP contribution in [0.15, 0.2) is 18.2 Å². The third kappa shape index (κ3) is 1.47. The lowest BCUT2D eigenvalue weighted by molar-refractivity contribution is 0.188. The Morgan fingerprint density at radius 1 is 1.37 bits per heavy atom. The molecule has 0 saturated carbocycles. The summed E-state index contributed by atoms with van der Waals surface area (Å²) in [4.78, 5) is 5.98. The predicted molar refractivity (Wildman–Crippen MR) is 76.5 cm³/mol. The maximum absolute atomic E-state index is 10.1. The first-order valence-electron chi connectivity index (χ1n) is 7.07. The van der Waals surface area contributed by atoms with Gasteiger partial charge in [-0.15, -0.1) is 0 Å². The van der Waals surface area contributed by atoms with E-state index in [1.54, 1.807) is 0 Å². The fourth-order valence-corrected chi connectivity index (χ4v) is 3.71. The van der Waals surface area contributed by atoms with Gasteiger partial charge in [0.25, 0.3) is 0 Å². The molecule has 100 valence electrons. The van der Waals surface area contributed by atoms with Gasteiger partial charge in [0, 0.05) is 36.1 Å². The highest BCUT2D eigenvalue weighted by molar-refractivity contribution is 5.93. The second-order valence-electron chi connectivity index (χ2n) is 5.67. The Balaban J connectivity index is 1.98. The van der Waals surface area contributed by atoms with Crippen molar-refractivity contribution in [2.24, 2.45) is 5.73 Å². The Hall–Kier alpha value is -1.52. The van der Waals surface area contributed by atoms with Gasteiger partial charge >= 0.3 is 0 Å². The van der Waals surface area contributed by atoms with Crippen molar-refractivity contribution in [2.75, 3.05) is 24.5 Å². The molecule has 1 saturated heterocycles. The van der Waals surface area contributed by atoms with Crippen molar-refractivity contribution in [3.63, 3.8) is 0 Å². The number of H-pyrrole nitrogens is 1. The summed E-state index contributed by atoms with van der Waals surface area (Å²) >= 11 is 0. The summed E-state index contributed by atoms with van der Waals surface area (Å²) < 4.78 is 0. The molecule has 4 heterocycles. The first-order valence-corrected chi connectivity index (χ1v) is 7.07. The van der Waals surface area contributed by atoms with Crippen LogP contribution in [0.4, 0.5) is 5.82 Å². The lowest BCUT2D eigenvalue weighted by Gasteiger charge is -2.40. The number of hydrogen-bond acceptors (Lipinski definition) is 3. The van der Waals surface area contributed by atoms with E-state index >= 15 is 0 Å². The summed E-state index contributed by atoms with van der Waals surface area (Å²) in [7, 11) is 0. The summed E-state index contributed by atoms with van der Waals surface area (Å²) in [6.45, 7) is 2.56. The second kappa shape index (κ2) is 3.99. The van der Waals surface area contributed by atoms with Gasteiger partial charge in [0.2, 0.25) is 0 Å². The zero-order valence-electron chi connectivity index (χ0n) is 10.9. The first-order chi connectivity index (χ1) is 9.29. The topological polar surface area (TPSA) is 65.3 Å². The van der Waals surface area contributed by atoms with Crippen molar-refractivity contribution in [3.8, 4) is 0 Å². The molecule has 1 unspecified atom stereocenters. The molecular weight excluding hydrogens is 238 g/mol. The Kier molecular flexibility index (Phi) is 2.37. The van der Waals surface area contributed by atoms with Crippen LogP contribution in [0.2, 0.25) is 0 Å². The Morgan fingerprint density at radius 3 is 2.89 bits per heavy atom. The standard InChI is InChI=1S/C15H19N3O/c16-8-12(19)10-2-1-3-11-13-9-4-6-18(7-5-9)15(13)17-14(10)11/h1-3,9,12,17,19H,4-8,16H2. The van der Waals surface area contributed by atoms with Gasteiger partial charge in [0.15, 0.2) is 0 Å². The number of aromatic amines is 1. The number of anilines is 1. The van der Waals surface area contributed by atoms with E-state index < -0.39 is 6.10 Å². The molecule has 1 fully saturated rings. The normalized spacial score (nSPS) is 20.0. The third-order valence-electron chi connectivity index (χ3n) is 4.69. The number of nitrogens with two attached hydrogens (primary N) is 1. The number of aliphatic hydroxyl groups excluding tert-OH is 1. The van der Waals surface area contributed by atoms with Gasteiger partial charge in [0.05, 0.1) is 11.6 Å². The monoisotopic (exact) mass is 257 g/mol. The largest absolute Gasteiger partial charge is 0.387 e. The van der Waals surface area contributed by atoms with Gasteiger partial charge < -0.3 is 20.7 Å². The summed E-state index contributed by atoms with van der Waals surface area (Å²) in [6.07, 6.45) is 1.92. The number of fused-ring (bicyclic) bond motifs is 3. The Morgan fingerprint density at radius 2 is 2.16 bits per heavy atom. The van der Waals surface area contributed by atoms with Crippen molar-refractivity contribution in [1.29, 1.82) is 0 Å².